The van der Waals surface area contributed by atoms with E-state index in [0.29, 0.717) is 10.9 Å². The fraction of sp³-hybridized carbons (Fsp3) is 0.105. The van der Waals surface area contributed by atoms with Crippen LogP contribution in [0.15, 0.2) is 45.9 Å². The van der Waals surface area contributed by atoms with Gasteiger partial charge in [0.05, 0.1) is 29.3 Å². The summed E-state index contributed by atoms with van der Waals surface area (Å²) < 4.78 is 15.7. The summed E-state index contributed by atoms with van der Waals surface area (Å²) in [6.45, 7) is -0.311. The van der Waals surface area contributed by atoms with Crippen LogP contribution < -0.4 is 20.6 Å². The van der Waals surface area contributed by atoms with Crippen molar-refractivity contribution in [2.45, 2.75) is 0 Å². The number of hydrazone groups is 1. The van der Waals surface area contributed by atoms with E-state index in [0.717, 1.165) is 0 Å². The lowest BCUT2D eigenvalue weighted by atomic mass is 10.2. The van der Waals surface area contributed by atoms with Crippen molar-refractivity contribution in [3.63, 3.8) is 0 Å². The number of ether oxygens (including phenoxy) is 2. The number of halogens is 1. The molecule has 11 nitrogen and oxygen atoms in total. The maximum Gasteiger partial charge on any atom is 0.307 e. The van der Waals surface area contributed by atoms with E-state index >= 15 is 0 Å². The predicted molar refractivity (Wildman–Crippen MR) is 111 cm³/mol. The molecule has 0 saturated heterocycles. The number of nitrogens with one attached hydrogen (secondary N) is 1. The molecule has 0 saturated carbocycles. The maximum atomic E-state index is 12.3. The van der Waals surface area contributed by atoms with E-state index in [1.54, 1.807) is 6.07 Å². The molecular formula is C19H15ClN4O7. The summed E-state index contributed by atoms with van der Waals surface area (Å²) in [5.41, 5.74) is 7.83. The highest BCUT2D eigenvalue weighted by molar-refractivity contribution is 6.32. The lowest BCUT2D eigenvalue weighted by Crippen LogP contribution is -2.20. The lowest BCUT2D eigenvalue weighted by molar-refractivity contribution is -0.384. The Morgan fingerprint density at radius 2 is 2.06 bits per heavy atom. The molecule has 0 unspecified atom stereocenters. The highest BCUT2D eigenvalue weighted by Crippen LogP contribution is 2.33. The monoisotopic (exact) mass is 446 g/mol. The standard InChI is InChI=1S/C19H15ClN4O7/c1-29-15-7-12(24(27)28)5-11-6-16(31-18(11)15)19(26)23-22-8-10-2-3-14(13(20)4-10)30-9-17(21)25/h2-8H,9H2,1H3,(H2,21,25)(H,23,26). The number of rotatable bonds is 8. The van der Waals surface area contributed by atoms with Gasteiger partial charge in [0, 0.05) is 11.5 Å². The molecule has 0 aliphatic rings. The van der Waals surface area contributed by atoms with Crippen molar-refractivity contribution in [1.29, 1.82) is 0 Å². The van der Waals surface area contributed by atoms with Crippen molar-refractivity contribution in [2.75, 3.05) is 13.7 Å². The van der Waals surface area contributed by atoms with Gasteiger partial charge >= 0.3 is 5.91 Å². The molecule has 0 radical (unpaired) electrons. The first-order chi connectivity index (χ1) is 14.8. The Kier molecular flexibility index (Phi) is 6.36. The predicted octanol–water partition coefficient (Wildman–Crippen LogP) is 2.63. The molecule has 0 bridgehead atoms. The number of nitrogens with two attached hydrogens (primary N) is 1. The molecule has 12 heteroatoms. The van der Waals surface area contributed by atoms with Crippen LogP contribution >= 0.6 is 11.6 Å². The van der Waals surface area contributed by atoms with E-state index in [2.05, 4.69) is 10.5 Å². The van der Waals surface area contributed by atoms with Gasteiger partial charge in [0.1, 0.15) is 5.75 Å². The van der Waals surface area contributed by atoms with Crippen LogP contribution in [0.25, 0.3) is 11.0 Å². The molecule has 0 spiro atoms. The number of nitro benzene ring substituents is 1. The molecular weight excluding hydrogens is 432 g/mol. The van der Waals surface area contributed by atoms with Gasteiger partial charge in [-0.15, -0.1) is 0 Å². The van der Waals surface area contributed by atoms with Gasteiger partial charge < -0.3 is 19.6 Å². The van der Waals surface area contributed by atoms with E-state index in [4.69, 9.17) is 31.2 Å². The minimum Gasteiger partial charge on any atom is -0.493 e. The number of carbonyl (C=O) groups excluding carboxylic acids is 2. The SMILES string of the molecule is COc1cc([N+](=O)[O-])cc2cc(C(=O)NN=Cc3ccc(OCC(N)=O)c(Cl)c3)oc12. The Bertz CT molecular complexity index is 1210. The Morgan fingerprint density at radius 3 is 2.71 bits per heavy atom. The highest BCUT2D eigenvalue weighted by atomic mass is 35.5. The number of methoxy groups -OCH3 is 1. The number of primary amides is 1. The molecule has 2 aromatic carbocycles. The fourth-order valence-electron chi connectivity index (χ4n) is 2.56. The van der Waals surface area contributed by atoms with Crippen LogP contribution in [0.1, 0.15) is 16.1 Å². The quantitative estimate of drug-likeness (QED) is 0.305. The normalized spacial score (nSPS) is 10.9. The summed E-state index contributed by atoms with van der Waals surface area (Å²) in [5, 5.41) is 15.4. The zero-order chi connectivity index (χ0) is 22.5. The first-order valence-corrected chi connectivity index (χ1v) is 8.96. The van der Waals surface area contributed by atoms with Crippen molar-refractivity contribution < 1.29 is 28.4 Å². The number of non-ortho nitro benzene ring substituents is 1. The van der Waals surface area contributed by atoms with Crippen LogP contribution in [0.3, 0.4) is 0 Å². The number of furan rings is 1. The zero-order valence-electron chi connectivity index (χ0n) is 16.0. The van der Waals surface area contributed by atoms with Crippen LogP contribution in [0.2, 0.25) is 5.02 Å². The summed E-state index contributed by atoms with van der Waals surface area (Å²) in [6.07, 6.45) is 1.33. The van der Waals surface area contributed by atoms with Crippen LogP contribution in [-0.4, -0.2) is 36.7 Å². The molecule has 3 rings (SSSR count). The van der Waals surface area contributed by atoms with Gasteiger partial charge in [-0.1, -0.05) is 11.6 Å². The molecule has 0 fully saturated rings. The number of fused-ring (bicyclic) bond motifs is 1. The van der Waals surface area contributed by atoms with Gasteiger partial charge in [0.15, 0.2) is 23.7 Å². The van der Waals surface area contributed by atoms with Gasteiger partial charge in [0.2, 0.25) is 0 Å². The smallest absolute Gasteiger partial charge is 0.307 e. The Balaban J connectivity index is 1.72. The molecule has 0 aliphatic heterocycles. The summed E-state index contributed by atoms with van der Waals surface area (Å²) in [5.74, 6) is -1.03. The number of benzene rings is 2. The minimum atomic E-state index is -0.676. The number of nitrogens with zero attached hydrogens (tertiary/aromatic N) is 2. The minimum absolute atomic E-state index is 0.112. The summed E-state index contributed by atoms with van der Waals surface area (Å²) >= 11 is 6.06. The molecule has 3 aromatic rings. The van der Waals surface area contributed by atoms with Crippen molar-refractivity contribution in [3.8, 4) is 11.5 Å². The number of hydrogen-bond acceptors (Lipinski definition) is 8. The van der Waals surface area contributed by atoms with Gasteiger partial charge in [-0.25, -0.2) is 5.43 Å². The van der Waals surface area contributed by atoms with E-state index in [1.165, 1.54) is 43.7 Å². The average Bonchev–Trinajstić information content (AvgIpc) is 3.16. The third kappa shape index (κ3) is 5.08. The van der Waals surface area contributed by atoms with E-state index in [9.17, 15) is 19.7 Å². The number of amides is 2. The molecule has 1 heterocycles. The largest absolute Gasteiger partial charge is 0.493 e. The lowest BCUT2D eigenvalue weighted by Gasteiger charge is -2.06. The van der Waals surface area contributed by atoms with Crippen LogP contribution in [0.4, 0.5) is 5.69 Å². The summed E-state index contributed by atoms with van der Waals surface area (Å²) in [7, 11) is 1.33. The van der Waals surface area contributed by atoms with Gasteiger partial charge in [-0.05, 0) is 29.8 Å². The second kappa shape index (κ2) is 9.13. The zero-order valence-corrected chi connectivity index (χ0v) is 16.7. The van der Waals surface area contributed by atoms with Crippen LogP contribution in [0, 0.1) is 10.1 Å². The molecule has 160 valence electrons. The molecule has 0 atom stereocenters. The third-order valence-corrected chi connectivity index (χ3v) is 4.22. The van der Waals surface area contributed by atoms with Gasteiger partial charge in [-0.2, -0.15) is 5.10 Å². The van der Waals surface area contributed by atoms with E-state index in [-0.39, 0.29) is 40.2 Å². The fourth-order valence-corrected chi connectivity index (χ4v) is 2.80. The summed E-state index contributed by atoms with van der Waals surface area (Å²) in [6, 6.07) is 8.45. The Morgan fingerprint density at radius 1 is 1.29 bits per heavy atom. The van der Waals surface area contributed by atoms with Crippen molar-refractivity contribution in [2.24, 2.45) is 10.8 Å². The average molecular weight is 447 g/mol. The topological polar surface area (TPSA) is 159 Å². The molecule has 1 aromatic heterocycles. The second-order valence-corrected chi connectivity index (χ2v) is 6.49. The number of carbonyl (C=O) groups is 2. The molecule has 0 aliphatic carbocycles. The molecule has 3 N–H and O–H groups in total. The van der Waals surface area contributed by atoms with Crippen LogP contribution in [-0.2, 0) is 4.79 Å². The van der Waals surface area contributed by atoms with E-state index < -0.39 is 16.7 Å². The van der Waals surface area contributed by atoms with Crippen molar-refractivity contribution in [3.05, 3.63) is 62.9 Å². The number of hydrogen-bond donors (Lipinski definition) is 2. The molecule has 31 heavy (non-hydrogen) atoms. The van der Waals surface area contributed by atoms with Gasteiger partial charge in [-0.3, -0.25) is 19.7 Å². The second-order valence-electron chi connectivity index (χ2n) is 6.08. The van der Waals surface area contributed by atoms with Crippen molar-refractivity contribution >= 4 is 46.3 Å². The molecule has 2 amide bonds. The third-order valence-electron chi connectivity index (χ3n) is 3.93. The number of nitro groups is 1. The Hall–Kier alpha value is -4.12. The Labute approximate surface area is 179 Å². The van der Waals surface area contributed by atoms with Crippen LogP contribution in [0.5, 0.6) is 11.5 Å². The first kappa shape index (κ1) is 21.6. The first-order valence-electron chi connectivity index (χ1n) is 8.58. The van der Waals surface area contributed by atoms with Crippen molar-refractivity contribution in [1.82, 2.24) is 5.43 Å². The maximum absolute atomic E-state index is 12.3. The van der Waals surface area contributed by atoms with Gasteiger partial charge in [0.25, 0.3) is 11.6 Å². The highest BCUT2D eigenvalue weighted by Gasteiger charge is 2.19. The summed E-state index contributed by atoms with van der Waals surface area (Å²) in [4.78, 5) is 33.5. The van der Waals surface area contributed by atoms with E-state index in [1.807, 2.05) is 0 Å².